The lowest BCUT2D eigenvalue weighted by Gasteiger charge is -2.04. The van der Waals surface area contributed by atoms with E-state index in [2.05, 4.69) is 15.5 Å². The van der Waals surface area contributed by atoms with Gasteiger partial charge in [-0.15, -0.1) is 0 Å². The van der Waals surface area contributed by atoms with Gasteiger partial charge in [0.25, 0.3) is 11.6 Å². The third kappa shape index (κ3) is 3.70. The Kier molecular flexibility index (Phi) is 4.85. The van der Waals surface area contributed by atoms with Gasteiger partial charge in [-0.3, -0.25) is 29.7 Å². The molecule has 0 radical (unpaired) electrons. The quantitative estimate of drug-likeness (QED) is 0.505. The molecule has 12 heteroatoms. The second kappa shape index (κ2) is 7.26. The Morgan fingerprint density at radius 1 is 1.07 bits per heavy atom. The molecule has 0 fully saturated rings. The van der Waals surface area contributed by atoms with E-state index in [1.807, 2.05) is 0 Å². The number of amides is 1. The van der Waals surface area contributed by atoms with Crippen molar-refractivity contribution in [2.45, 2.75) is 20.5 Å². The number of carbonyl (C=O) groups is 1. The predicted molar refractivity (Wildman–Crippen MR) is 97.0 cm³/mol. The van der Waals surface area contributed by atoms with Gasteiger partial charge in [0.2, 0.25) is 0 Å². The normalized spacial score (nSPS) is 10.6. The smallest absolute Gasteiger partial charge is 0.312 e. The number of aromatic nitrogens is 4. The molecule has 1 amide bonds. The van der Waals surface area contributed by atoms with E-state index in [0.29, 0.717) is 17.1 Å². The van der Waals surface area contributed by atoms with Gasteiger partial charge < -0.3 is 5.32 Å². The first-order chi connectivity index (χ1) is 13.3. The van der Waals surface area contributed by atoms with E-state index in [1.54, 1.807) is 20.0 Å². The molecule has 12 nitrogen and oxygen atoms in total. The first-order valence-electron chi connectivity index (χ1n) is 8.04. The van der Waals surface area contributed by atoms with Gasteiger partial charge in [-0.05, 0) is 32.0 Å². The number of hydrogen-bond donors (Lipinski definition) is 1. The number of anilines is 1. The molecule has 0 saturated heterocycles. The van der Waals surface area contributed by atoms with Crippen molar-refractivity contribution in [2.75, 3.05) is 5.32 Å². The summed E-state index contributed by atoms with van der Waals surface area (Å²) in [5.74, 6) is -0.494. The molecule has 1 aromatic carbocycles. The monoisotopic (exact) mass is 385 g/mol. The number of benzene rings is 1. The number of hydrogen-bond acceptors (Lipinski definition) is 7. The first-order valence-corrected chi connectivity index (χ1v) is 8.04. The molecule has 3 rings (SSSR count). The summed E-state index contributed by atoms with van der Waals surface area (Å²) in [4.78, 5) is 33.0. The molecule has 28 heavy (non-hydrogen) atoms. The Hall–Kier alpha value is -4.09. The van der Waals surface area contributed by atoms with E-state index in [-0.39, 0.29) is 23.7 Å². The lowest BCUT2D eigenvalue weighted by molar-refractivity contribution is -0.386. The lowest BCUT2D eigenvalue weighted by Crippen LogP contribution is -2.15. The van der Waals surface area contributed by atoms with Crippen molar-refractivity contribution in [3.63, 3.8) is 0 Å². The van der Waals surface area contributed by atoms with Crippen LogP contribution in [-0.4, -0.2) is 35.3 Å². The molecule has 0 saturated carbocycles. The summed E-state index contributed by atoms with van der Waals surface area (Å²) in [7, 11) is 0. The molecular weight excluding hydrogens is 370 g/mol. The molecule has 0 aliphatic rings. The summed E-state index contributed by atoms with van der Waals surface area (Å²) in [5.41, 5.74) is 1.05. The maximum absolute atomic E-state index is 12.3. The van der Waals surface area contributed by atoms with Gasteiger partial charge in [-0.2, -0.15) is 10.2 Å². The Morgan fingerprint density at radius 2 is 1.75 bits per heavy atom. The Balaban J connectivity index is 1.71. The summed E-state index contributed by atoms with van der Waals surface area (Å²) < 4.78 is 2.85. The average Bonchev–Trinajstić information content (AvgIpc) is 3.20. The van der Waals surface area contributed by atoms with Gasteiger partial charge in [-0.1, -0.05) is 0 Å². The van der Waals surface area contributed by atoms with Crippen molar-refractivity contribution in [2.24, 2.45) is 0 Å². The number of carbonyl (C=O) groups excluding carboxylic acids is 1. The first kappa shape index (κ1) is 18.7. The molecule has 0 aliphatic carbocycles. The fourth-order valence-electron chi connectivity index (χ4n) is 2.65. The fourth-order valence-corrected chi connectivity index (χ4v) is 2.65. The SMILES string of the molecule is Cc1nn(Cn2ccc(C(=O)Nc3ccc([N+](=O)[O-])cc3)n2)c(C)c1[N+](=O)[O-]. The van der Waals surface area contributed by atoms with E-state index in [4.69, 9.17) is 0 Å². The Bertz CT molecular complexity index is 1070. The predicted octanol–water partition coefficient (Wildman–Crippen LogP) is 2.27. The highest BCUT2D eigenvalue weighted by Crippen LogP contribution is 2.21. The lowest BCUT2D eigenvalue weighted by atomic mass is 10.3. The zero-order valence-electron chi connectivity index (χ0n) is 14.9. The van der Waals surface area contributed by atoms with Gasteiger partial charge in [0.05, 0.1) is 9.85 Å². The number of rotatable bonds is 6. The van der Waals surface area contributed by atoms with Crippen LogP contribution in [0.5, 0.6) is 0 Å². The van der Waals surface area contributed by atoms with Crippen LogP contribution >= 0.6 is 0 Å². The fraction of sp³-hybridized carbons (Fsp3) is 0.188. The van der Waals surface area contributed by atoms with Crippen LogP contribution in [0.3, 0.4) is 0 Å². The van der Waals surface area contributed by atoms with Gasteiger partial charge >= 0.3 is 5.69 Å². The molecule has 3 aromatic rings. The number of aryl methyl sites for hydroxylation is 1. The molecule has 144 valence electrons. The minimum Gasteiger partial charge on any atom is -0.321 e. The summed E-state index contributed by atoms with van der Waals surface area (Å²) in [6.07, 6.45) is 1.55. The largest absolute Gasteiger partial charge is 0.321 e. The third-order valence-electron chi connectivity index (χ3n) is 4.01. The molecule has 0 bridgehead atoms. The highest BCUT2D eigenvalue weighted by Gasteiger charge is 2.22. The Labute approximate surface area is 157 Å². The van der Waals surface area contributed by atoms with Crippen LogP contribution in [0.2, 0.25) is 0 Å². The van der Waals surface area contributed by atoms with E-state index in [9.17, 15) is 25.0 Å². The van der Waals surface area contributed by atoms with Crippen LogP contribution in [0.4, 0.5) is 17.1 Å². The minimum atomic E-state index is -0.531. The van der Waals surface area contributed by atoms with Crippen LogP contribution in [0.25, 0.3) is 0 Å². The highest BCUT2D eigenvalue weighted by atomic mass is 16.6. The highest BCUT2D eigenvalue weighted by molar-refractivity contribution is 6.02. The topological polar surface area (TPSA) is 151 Å². The zero-order chi connectivity index (χ0) is 20.4. The minimum absolute atomic E-state index is 0.0525. The summed E-state index contributed by atoms with van der Waals surface area (Å²) in [5, 5.41) is 32.6. The second-order valence-electron chi connectivity index (χ2n) is 5.92. The number of nitrogens with one attached hydrogen (secondary N) is 1. The Morgan fingerprint density at radius 3 is 2.32 bits per heavy atom. The van der Waals surface area contributed by atoms with E-state index < -0.39 is 15.8 Å². The number of nitro groups is 2. The molecular formula is C16H15N7O5. The number of nitro benzene ring substituents is 1. The van der Waals surface area contributed by atoms with Gasteiger partial charge in [0.1, 0.15) is 18.1 Å². The van der Waals surface area contributed by atoms with Crippen LogP contribution < -0.4 is 5.32 Å². The molecule has 0 atom stereocenters. The number of non-ortho nitro benzene ring substituents is 1. The van der Waals surface area contributed by atoms with Gasteiger partial charge in [-0.25, -0.2) is 4.68 Å². The molecule has 2 aromatic heterocycles. The van der Waals surface area contributed by atoms with Crippen LogP contribution in [0.1, 0.15) is 21.9 Å². The average molecular weight is 385 g/mol. The second-order valence-corrected chi connectivity index (χ2v) is 5.92. The van der Waals surface area contributed by atoms with E-state index in [0.717, 1.165) is 0 Å². The van der Waals surface area contributed by atoms with Crippen molar-refractivity contribution < 1.29 is 14.6 Å². The van der Waals surface area contributed by atoms with Crippen molar-refractivity contribution in [1.82, 2.24) is 19.6 Å². The summed E-state index contributed by atoms with van der Waals surface area (Å²) in [6, 6.07) is 6.89. The molecule has 1 N–H and O–H groups in total. The maximum Gasteiger partial charge on any atom is 0.312 e. The van der Waals surface area contributed by atoms with Gasteiger partial charge in [0.15, 0.2) is 5.69 Å². The van der Waals surface area contributed by atoms with Crippen molar-refractivity contribution in [3.05, 3.63) is 73.8 Å². The van der Waals surface area contributed by atoms with Crippen LogP contribution in [0, 0.1) is 34.1 Å². The van der Waals surface area contributed by atoms with Crippen molar-refractivity contribution in [1.29, 1.82) is 0 Å². The number of nitrogens with zero attached hydrogens (tertiary/aromatic N) is 6. The molecule has 0 aliphatic heterocycles. The standard InChI is InChI=1S/C16H15N7O5/c1-10-15(23(27)28)11(2)21(18-10)9-20-8-7-14(19-20)16(24)17-12-3-5-13(6-4-12)22(25)26/h3-8H,9H2,1-2H3,(H,17,24). The van der Waals surface area contributed by atoms with E-state index in [1.165, 1.54) is 39.7 Å². The van der Waals surface area contributed by atoms with Crippen LogP contribution in [0.15, 0.2) is 36.5 Å². The zero-order valence-corrected chi connectivity index (χ0v) is 14.9. The van der Waals surface area contributed by atoms with E-state index >= 15 is 0 Å². The molecule has 0 spiro atoms. The van der Waals surface area contributed by atoms with Crippen molar-refractivity contribution in [3.8, 4) is 0 Å². The third-order valence-corrected chi connectivity index (χ3v) is 4.01. The summed E-state index contributed by atoms with van der Waals surface area (Å²) >= 11 is 0. The molecule has 0 unspecified atom stereocenters. The van der Waals surface area contributed by atoms with Crippen LogP contribution in [-0.2, 0) is 6.67 Å². The van der Waals surface area contributed by atoms with Crippen molar-refractivity contribution >= 4 is 23.0 Å². The summed E-state index contributed by atoms with van der Waals surface area (Å²) in [6.45, 7) is 3.24. The van der Waals surface area contributed by atoms with Gasteiger partial charge in [0, 0.05) is 24.0 Å². The maximum atomic E-state index is 12.3. The molecule has 2 heterocycles.